The third kappa shape index (κ3) is 5.20. The number of hydrogen-bond acceptors (Lipinski definition) is 2. The first-order valence-electron chi connectivity index (χ1n) is 7.45. The highest BCUT2D eigenvalue weighted by atomic mass is 19.1. The lowest BCUT2D eigenvalue weighted by Crippen LogP contribution is -2.17. The highest BCUT2D eigenvalue weighted by Crippen LogP contribution is 2.13. The Labute approximate surface area is 126 Å². The summed E-state index contributed by atoms with van der Waals surface area (Å²) in [4.78, 5) is 0. The van der Waals surface area contributed by atoms with E-state index in [4.69, 9.17) is 4.74 Å². The molecule has 0 amide bonds. The molecule has 0 bridgehead atoms. The van der Waals surface area contributed by atoms with Gasteiger partial charge in [0, 0.05) is 6.54 Å². The van der Waals surface area contributed by atoms with Gasteiger partial charge >= 0.3 is 0 Å². The molecule has 0 aromatic heterocycles. The fourth-order valence-corrected chi connectivity index (χ4v) is 2.12. The van der Waals surface area contributed by atoms with Crippen LogP contribution >= 0.6 is 0 Å². The maximum atomic E-state index is 13.5. The zero-order valence-corrected chi connectivity index (χ0v) is 12.4. The maximum Gasteiger partial charge on any atom is 0.126 e. The summed E-state index contributed by atoms with van der Waals surface area (Å²) in [6.45, 7) is 4.34. The second-order valence-corrected chi connectivity index (χ2v) is 5.01. The van der Waals surface area contributed by atoms with Gasteiger partial charge in [-0.3, -0.25) is 0 Å². The molecule has 0 aliphatic heterocycles. The molecule has 0 saturated carbocycles. The molecule has 2 rings (SSSR count). The van der Waals surface area contributed by atoms with E-state index in [2.05, 4.69) is 18.3 Å². The van der Waals surface area contributed by atoms with Crippen LogP contribution in [0.25, 0.3) is 0 Å². The van der Waals surface area contributed by atoms with Crippen molar-refractivity contribution in [2.75, 3.05) is 13.2 Å². The molecule has 0 saturated heterocycles. The van der Waals surface area contributed by atoms with Gasteiger partial charge in [-0.2, -0.15) is 0 Å². The molecule has 0 radical (unpaired) electrons. The van der Waals surface area contributed by atoms with Gasteiger partial charge in [0.1, 0.15) is 11.6 Å². The second kappa shape index (κ2) is 8.42. The van der Waals surface area contributed by atoms with E-state index >= 15 is 0 Å². The van der Waals surface area contributed by atoms with Crippen LogP contribution in [-0.2, 0) is 13.0 Å². The van der Waals surface area contributed by atoms with Crippen molar-refractivity contribution in [3.8, 4) is 5.75 Å². The third-order valence-electron chi connectivity index (χ3n) is 3.23. The smallest absolute Gasteiger partial charge is 0.126 e. The Hall–Kier alpha value is -1.87. The summed E-state index contributed by atoms with van der Waals surface area (Å²) in [6, 6.07) is 15.0. The van der Waals surface area contributed by atoms with Gasteiger partial charge in [0.25, 0.3) is 0 Å². The van der Waals surface area contributed by atoms with E-state index in [9.17, 15) is 4.39 Å². The molecule has 2 nitrogen and oxygen atoms in total. The minimum absolute atomic E-state index is 0.130. The molecule has 0 aliphatic rings. The standard InChI is InChI=1S/C18H22FNO/c1-2-12-21-17-8-5-6-15(13-17)14-20-11-10-16-7-3-4-9-18(16)19/h3-9,13,20H,2,10-12,14H2,1H3. The number of benzene rings is 2. The summed E-state index contributed by atoms with van der Waals surface area (Å²) in [6.07, 6.45) is 1.70. The number of rotatable bonds is 8. The maximum absolute atomic E-state index is 13.5. The van der Waals surface area contributed by atoms with Crippen molar-refractivity contribution in [3.63, 3.8) is 0 Å². The van der Waals surface area contributed by atoms with E-state index in [1.807, 2.05) is 30.3 Å². The lowest BCUT2D eigenvalue weighted by molar-refractivity contribution is 0.317. The second-order valence-electron chi connectivity index (χ2n) is 5.01. The van der Waals surface area contributed by atoms with Gasteiger partial charge in [-0.05, 0) is 48.7 Å². The summed E-state index contributed by atoms with van der Waals surface area (Å²) in [5.74, 6) is 0.777. The van der Waals surface area contributed by atoms with Crippen LogP contribution in [0.5, 0.6) is 5.75 Å². The Balaban J connectivity index is 1.77. The van der Waals surface area contributed by atoms with E-state index in [1.165, 1.54) is 11.6 Å². The summed E-state index contributed by atoms with van der Waals surface area (Å²) < 4.78 is 19.1. The van der Waals surface area contributed by atoms with Crippen LogP contribution in [0.3, 0.4) is 0 Å². The van der Waals surface area contributed by atoms with E-state index in [0.29, 0.717) is 6.42 Å². The van der Waals surface area contributed by atoms with Gasteiger partial charge in [-0.15, -0.1) is 0 Å². The van der Waals surface area contributed by atoms with Crippen molar-refractivity contribution in [2.24, 2.45) is 0 Å². The van der Waals surface area contributed by atoms with Gasteiger partial charge < -0.3 is 10.1 Å². The Morgan fingerprint density at radius 2 is 1.95 bits per heavy atom. The number of ether oxygens (including phenoxy) is 1. The van der Waals surface area contributed by atoms with Crippen molar-refractivity contribution >= 4 is 0 Å². The normalized spacial score (nSPS) is 10.6. The molecule has 1 N–H and O–H groups in total. The predicted octanol–water partition coefficient (Wildman–Crippen LogP) is 3.95. The Kier molecular flexibility index (Phi) is 6.22. The first-order chi connectivity index (χ1) is 10.3. The van der Waals surface area contributed by atoms with E-state index in [1.54, 1.807) is 6.07 Å². The van der Waals surface area contributed by atoms with Crippen LogP contribution in [0.1, 0.15) is 24.5 Å². The van der Waals surface area contributed by atoms with Crippen LogP contribution < -0.4 is 10.1 Å². The highest BCUT2D eigenvalue weighted by molar-refractivity contribution is 5.28. The monoisotopic (exact) mass is 287 g/mol. The Morgan fingerprint density at radius 1 is 1.10 bits per heavy atom. The van der Waals surface area contributed by atoms with Crippen LogP contribution in [0.4, 0.5) is 4.39 Å². The first kappa shape index (κ1) is 15.5. The molecular formula is C18H22FNO. The van der Waals surface area contributed by atoms with Crippen molar-refractivity contribution in [1.29, 1.82) is 0 Å². The summed E-state index contributed by atoms with van der Waals surface area (Å²) in [5.41, 5.74) is 1.93. The van der Waals surface area contributed by atoms with Crippen molar-refractivity contribution in [1.82, 2.24) is 5.32 Å². The summed E-state index contributed by atoms with van der Waals surface area (Å²) >= 11 is 0. The highest BCUT2D eigenvalue weighted by Gasteiger charge is 2.00. The average molecular weight is 287 g/mol. The SMILES string of the molecule is CCCOc1cccc(CNCCc2ccccc2F)c1. The fraction of sp³-hybridized carbons (Fsp3) is 0.333. The van der Waals surface area contributed by atoms with Gasteiger partial charge in [0.15, 0.2) is 0 Å². The number of hydrogen-bond donors (Lipinski definition) is 1. The lowest BCUT2D eigenvalue weighted by Gasteiger charge is -2.08. The minimum Gasteiger partial charge on any atom is -0.494 e. The van der Waals surface area contributed by atoms with Gasteiger partial charge in [0.05, 0.1) is 6.61 Å². The topological polar surface area (TPSA) is 21.3 Å². The molecule has 0 atom stereocenters. The molecule has 2 aromatic carbocycles. The van der Waals surface area contributed by atoms with Crippen molar-refractivity contribution < 1.29 is 9.13 Å². The Morgan fingerprint density at radius 3 is 2.76 bits per heavy atom. The first-order valence-corrected chi connectivity index (χ1v) is 7.45. The molecule has 0 fully saturated rings. The largest absolute Gasteiger partial charge is 0.494 e. The minimum atomic E-state index is -0.130. The van der Waals surface area contributed by atoms with Crippen molar-refractivity contribution in [2.45, 2.75) is 26.3 Å². The number of nitrogens with one attached hydrogen (secondary N) is 1. The molecule has 0 spiro atoms. The molecule has 3 heteroatoms. The zero-order valence-electron chi connectivity index (χ0n) is 12.4. The van der Waals surface area contributed by atoms with Gasteiger partial charge in [-0.25, -0.2) is 4.39 Å². The lowest BCUT2D eigenvalue weighted by atomic mass is 10.1. The summed E-state index contributed by atoms with van der Waals surface area (Å²) in [5, 5.41) is 3.34. The van der Waals surface area contributed by atoms with Gasteiger partial charge in [0.2, 0.25) is 0 Å². The zero-order chi connectivity index (χ0) is 14.9. The molecule has 21 heavy (non-hydrogen) atoms. The van der Waals surface area contributed by atoms with Gasteiger partial charge in [-0.1, -0.05) is 37.3 Å². The average Bonchev–Trinajstić information content (AvgIpc) is 2.51. The van der Waals surface area contributed by atoms with Crippen LogP contribution in [0, 0.1) is 5.82 Å². The number of halogens is 1. The fourth-order valence-electron chi connectivity index (χ4n) is 2.12. The quantitative estimate of drug-likeness (QED) is 0.742. The molecular weight excluding hydrogens is 265 g/mol. The summed E-state index contributed by atoms with van der Waals surface area (Å²) in [7, 11) is 0. The third-order valence-corrected chi connectivity index (χ3v) is 3.23. The van der Waals surface area contributed by atoms with E-state index in [0.717, 1.165) is 37.4 Å². The van der Waals surface area contributed by atoms with Crippen LogP contribution in [0.2, 0.25) is 0 Å². The van der Waals surface area contributed by atoms with Crippen LogP contribution in [0.15, 0.2) is 48.5 Å². The molecule has 0 heterocycles. The van der Waals surface area contributed by atoms with E-state index in [-0.39, 0.29) is 5.82 Å². The molecule has 0 aliphatic carbocycles. The van der Waals surface area contributed by atoms with E-state index < -0.39 is 0 Å². The molecule has 112 valence electrons. The predicted molar refractivity (Wildman–Crippen MR) is 84.0 cm³/mol. The van der Waals surface area contributed by atoms with Crippen LogP contribution in [-0.4, -0.2) is 13.2 Å². The Bertz CT molecular complexity index is 556. The van der Waals surface area contributed by atoms with Crippen molar-refractivity contribution in [3.05, 3.63) is 65.5 Å². The molecule has 2 aromatic rings. The molecule has 0 unspecified atom stereocenters.